The summed E-state index contributed by atoms with van der Waals surface area (Å²) in [6.45, 7) is 6.87. The molecule has 0 fully saturated rings. The molecule has 1 nitrogen and oxygen atoms in total. The highest BCUT2D eigenvalue weighted by Crippen LogP contribution is 2.37. The largest absolute Gasteiger partial charge is 0.543 e. The first kappa shape index (κ1) is 19.1. The zero-order valence-electron chi connectivity index (χ0n) is 18.0. The third-order valence-corrected chi connectivity index (χ3v) is 11.4. The average Bonchev–Trinajstić information content (AvgIpc) is 2.80. The van der Waals surface area contributed by atoms with Gasteiger partial charge in [-0.2, -0.15) is 0 Å². The van der Waals surface area contributed by atoms with Gasteiger partial charge in [-0.3, -0.25) is 0 Å². The first-order valence-corrected chi connectivity index (χ1v) is 13.7. The van der Waals surface area contributed by atoms with E-state index in [1.807, 2.05) is 0 Å². The van der Waals surface area contributed by atoms with E-state index in [2.05, 4.69) is 99.6 Å². The SMILES string of the molecule is CC[Si](CC)(CC)Oc1cccc2cc3ccc4cc5ccccc5cc4c3cc12. The van der Waals surface area contributed by atoms with Crippen molar-refractivity contribution in [3.63, 3.8) is 0 Å². The molecule has 0 aromatic heterocycles. The molecule has 0 heterocycles. The van der Waals surface area contributed by atoms with Crippen molar-refractivity contribution in [1.82, 2.24) is 0 Å². The topological polar surface area (TPSA) is 9.23 Å². The second-order valence-corrected chi connectivity index (χ2v) is 13.1. The van der Waals surface area contributed by atoms with Gasteiger partial charge in [0.15, 0.2) is 0 Å². The number of hydrogen-bond acceptors (Lipinski definition) is 1. The molecule has 0 bridgehead atoms. The summed E-state index contributed by atoms with van der Waals surface area (Å²) < 4.78 is 6.83. The molecule has 150 valence electrons. The standard InChI is InChI=1S/C28H28OSi/c1-4-30(5-2,6-3)29-28-13-9-12-22-17-24-15-14-23-16-20-10-7-8-11-21(20)18-25(23)26(24)19-27(22)28/h7-19H,4-6H2,1-3H3. The Bertz CT molecular complexity index is 1370. The lowest BCUT2D eigenvalue weighted by molar-refractivity contribution is 0.538. The van der Waals surface area contributed by atoms with Gasteiger partial charge in [-0.05, 0) is 86.2 Å². The Morgan fingerprint density at radius 1 is 0.533 bits per heavy atom. The van der Waals surface area contributed by atoms with Crippen LogP contribution in [0.3, 0.4) is 0 Å². The van der Waals surface area contributed by atoms with Crippen molar-refractivity contribution in [1.29, 1.82) is 0 Å². The molecule has 0 aliphatic rings. The predicted octanol–water partition coefficient (Wildman–Crippen LogP) is 8.68. The molecule has 0 unspecified atom stereocenters. The molecule has 30 heavy (non-hydrogen) atoms. The van der Waals surface area contributed by atoms with Crippen LogP contribution in [0.2, 0.25) is 18.1 Å². The molecular formula is C28H28OSi. The van der Waals surface area contributed by atoms with Gasteiger partial charge < -0.3 is 4.43 Å². The van der Waals surface area contributed by atoms with Crippen molar-refractivity contribution in [3.05, 3.63) is 78.9 Å². The van der Waals surface area contributed by atoms with E-state index in [0.29, 0.717) is 0 Å². The van der Waals surface area contributed by atoms with E-state index in [-0.39, 0.29) is 0 Å². The van der Waals surface area contributed by atoms with Gasteiger partial charge in [0.05, 0.1) is 0 Å². The van der Waals surface area contributed by atoms with Crippen LogP contribution >= 0.6 is 0 Å². The zero-order chi connectivity index (χ0) is 20.7. The lowest BCUT2D eigenvalue weighted by Crippen LogP contribution is -2.39. The quantitative estimate of drug-likeness (QED) is 0.160. The molecule has 5 aromatic carbocycles. The lowest BCUT2D eigenvalue weighted by Gasteiger charge is -2.29. The molecule has 0 saturated carbocycles. The molecule has 0 saturated heterocycles. The molecule has 2 heteroatoms. The van der Waals surface area contributed by atoms with Gasteiger partial charge in [-0.25, -0.2) is 0 Å². The minimum Gasteiger partial charge on any atom is -0.543 e. The Hall–Kier alpha value is -2.84. The Balaban J connectivity index is 1.78. The minimum absolute atomic E-state index is 1.06. The van der Waals surface area contributed by atoms with E-state index in [1.165, 1.54) is 43.1 Å². The normalized spacial score (nSPS) is 12.2. The summed E-state index contributed by atoms with van der Waals surface area (Å²) >= 11 is 0. The maximum Gasteiger partial charge on any atom is 0.250 e. The van der Waals surface area contributed by atoms with Gasteiger partial charge in [0.25, 0.3) is 8.32 Å². The van der Waals surface area contributed by atoms with Gasteiger partial charge >= 0.3 is 0 Å². The van der Waals surface area contributed by atoms with Crippen LogP contribution in [-0.4, -0.2) is 8.32 Å². The summed E-state index contributed by atoms with van der Waals surface area (Å²) in [4.78, 5) is 0. The summed E-state index contributed by atoms with van der Waals surface area (Å²) in [5.74, 6) is 1.06. The highest BCUT2D eigenvalue weighted by Gasteiger charge is 2.31. The molecular weight excluding hydrogens is 380 g/mol. The maximum atomic E-state index is 6.83. The summed E-state index contributed by atoms with van der Waals surface area (Å²) in [6.07, 6.45) is 0. The van der Waals surface area contributed by atoms with Gasteiger partial charge in [-0.1, -0.05) is 69.3 Å². The molecule has 0 aliphatic heterocycles. The molecule has 0 aliphatic carbocycles. The lowest BCUT2D eigenvalue weighted by atomic mass is 9.96. The highest BCUT2D eigenvalue weighted by molar-refractivity contribution is 6.74. The fourth-order valence-corrected chi connectivity index (χ4v) is 7.36. The van der Waals surface area contributed by atoms with Gasteiger partial charge in [0.1, 0.15) is 5.75 Å². The second-order valence-electron chi connectivity index (χ2n) is 8.38. The van der Waals surface area contributed by atoms with Crippen LogP contribution in [0.15, 0.2) is 78.9 Å². The molecule has 0 amide bonds. The summed E-state index contributed by atoms with van der Waals surface area (Å²) in [7, 11) is -1.73. The van der Waals surface area contributed by atoms with Crippen molar-refractivity contribution in [2.24, 2.45) is 0 Å². The Labute approximate surface area is 179 Å². The van der Waals surface area contributed by atoms with Crippen LogP contribution in [0.5, 0.6) is 5.75 Å². The predicted molar refractivity (Wildman–Crippen MR) is 134 cm³/mol. The van der Waals surface area contributed by atoms with Gasteiger partial charge in [0, 0.05) is 5.39 Å². The molecule has 0 N–H and O–H groups in total. The monoisotopic (exact) mass is 408 g/mol. The Morgan fingerprint density at radius 3 is 1.73 bits per heavy atom. The summed E-state index contributed by atoms with van der Waals surface area (Å²) in [5, 5.41) is 10.3. The van der Waals surface area contributed by atoms with Crippen LogP contribution in [0.4, 0.5) is 0 Å². The smallest absolute Gasteiger partial charge is 0.250 e. The zero-order valence-corrected chi connectivity index (χ0v) is 19.0. The fraction of sp³-hybridized carbons (Fsp3) is 0.214. The first-order chi connectivity index (χ1) is 14.7. The van der Waals surface area contributed by atoms with Crippen LogP contribution < -0.4 is 4.43 Å². The molecule has 0 spiro atoms. The number of benzene rings is 5. The van der Waals surface area contributed by atoms with E-state index in [9.17, 15) is 0 Å². The van der Waals surface area contributed by atoms with Crippen molar-refractivity contribution in [2.75, 3.05) is 0 Å². The minimum atomic E-state index is -1.73. The second kappa shape index (κ2) is 7.44. The van der Waals surface area contributed by atoms with E-state index in [0.717, 1.165) is 23.9 Å². The van der Waals surface area contributed by atoms with Crippen molar-refractivity contribution in [3.8, 4) is 5.75 Å². The Morgan fingerprint density at radius 2 is 1.07 bits per heavy atom. The van der Waals surface area contributed by atoms with E-state index in [4.69, 9.17) is 4.43 Å². The van der Waals surface area contributed by atoms with E-state index >= 15 is 0 Å². The van der Waals surface area contributed by atoms with Crippen LogP contribution in [-0.2, 0) is 0 Å². The van der Waals surface area contributed by atoms with Crippen molar-refractivity contribution < 1.29 is 4.43 Å². The Kier molecular flexibility index (Phi) is 4.75. The molecule has 0 atom stereocenters. The average molecular weight is 409 g/mol. The first-order valence-electron chi connectivity index (χ1n) is 11.1. The van der Waals surface area contributed by atoms with Crippen molar-refractivity contribution >= 4 is 51.4 Å². The molecule has 5 aromatic rings. The summed E-state index contributed by atoms with van der Waals surface area (Å²) in [6, 6.07) is 32.4. The summed E-state index contributed by atoms with van der Waals surface area (Å²) in [5.41, 5.74) is 0. The third kappa shape index (κ3) is 3.07. The van der Waals surface area contributed by atoms with Crippen LogP contribution in [0.25, 0.3) is 43.1 Å². The number of hydrogen-bond donors (Lipinski definition) is 0. The number of rotatable bonds is 5. The van der Waals surface area contributed by atoms with Gasteiger partial charge in [0.2, 0.25) is 0 Å². The highest BCUT2D eigenvalue weighted by atomic mass is 28.4. The van der Waals surface area contributed by atoms with E-state index < -0.39 is 8.32 Å². The maximum absolute atomic E-state index is 6.83. The van der Waals surface area contributed by atoms with Crippen LogP contribution in [0, 0.1) is 0 Å². The molecule has 5 rings (SSSR count). The number of fused-ring (bicyclic) bond motifs is 5. The van der Waals surface area contributed by atoms with E-state index in [1.54, 1.807) is 0 Å². The fourth-order valence-electron chi connectivity index (χ4n) is 4.78. The third-order valence-electron chi connectivity index (χ3n) is 6.92. The van der Waals surface area contributed by atoms with Crippen LogP contribution in [0.1, 0.15) is 20.8 Å². The van der Waals surface area contributed by atoms with Gasteiger partial charge in [-0.15, -0.1) is 0 Å². The van der Waals surface area contributed by atoms with Crippen molar-refractivity contribution in [2.45, 2.75) is 38.9 Å². The molecule has 0 radical (unpaired) electrons.